The van der Waals surface area contributed by atoms with Crippen molar-refractivity contribution in [3.63, 3.8) is 0 Å². The van der Waals surface area contributed by atoms with E-state index in [1.54, 1.807) is 38.1 Å². The lowest BCUT2D eigenvalue weighted by Crippen LogP contribution is -2.71. The van der Waals surface area contributed by atoms with Crippen LogP contribution in [0.1, 0.15) is 36.6 Å². The lowest BCUT2D eigenvalue weighted by Gasteiger charge is -2.43. The third-order valence-corrected chi connectivity index (χ3v) is 8.81. The normalized spacial score (nSPS) is 20.9. The fraction of sp³-hybridized carbons (Fsp3) is 0.344. The Morgan fingerprint density at radius 1 is 0.881 bits per heavy atom. The third kappa shape index (κ3) is 7.77. The van der Waals surface area contributed by atoms with Crippen molar-refractivity contribution in [1.82, 2.24) is 20.9 Å². The summed E-state index contributed by atoms with van der Waals surface area (Å²) in [6, 6.07) is 27.3. The first kappa shape index (κ1) is 31.2. The number of hydrogen-bond acceptors (Lipinski definition) is 7. The summed E-state index contributed by atoms with van der Waals surface area (Å²) in [6.07, 6.45) is 0. The van der Waals surface area contributed by atoms with Crippen LogP contribution in [-0.4, -0.2) is 63.1 Å². The molecule has 222 valence electrons. The number of rotatable bonds is 11. The van der Waals surface area contributed by atoms with Gasteiger partial charge in [-0.05, 0) is 30.5 Å². The van der Waals surface area contributed by atoms with Crippen LogP contribution in [0.5, 0.6) is 0 Å². The third-order valence-electron chi connectivity index (χ3n) is 7.24. The van der Waals surface area contributed by atoms with Gasteiger partial charge >= 0.3 is 5.97 Å². The van der Waals surface area contributed by atoms with E-state index in [0.717, 1.165) is 26.2 Å². The summed E-state index contributed by atoms with van der Waals surface area (Å²) >= 11 is 1.38. The van der Waals surface area contributed by atoms with Crippen molar-refractivity contribution < 1.29 is 19.5 Å². The Bertz CT molecular complexity index is 1280. The van der Waals surface area contributed by atoms with Crippen molar-refractivity contribution in [3.05, 3.63) is 108 Å². The van der Waals surface area contributed by atoms with E-state index >= 15 is 0 Å². The molecule has 5 rings (SSSR count). The highest BCUT2D eigenvalue weighted by Crippen LogP contribution is 2.50. The molecule has 0 radical (unpaired) electrons. The number of carboxylic acids is 1. The van der Waals surface area contributed by atoms with Crippen LogP contribution >= 0.6 is 11.8 Å². The highest BCUT2D eigenvalue weighted by molar-refractivity contribution is 8.01. The summed E-state index contributed by atoms with van der Waals surface area (Å²) < 4.78 is -0.618. The number of aliphatic carboxylic acids is 1. The van der Waals surface area contributed by atoms with Gasteiger partial charge in [-0.15, -0.1) is 11.8 Å². The van der Waals surface area contributed by atoms with Crippen LogP contribution in [0.3, 0.4) is 0 Å². The molecule has 4 atom stereocenters. The summed E-state index contributed by atoms with van der Waals surface area (Å²) in [5.74, 6) is -1.86. The van der Waals surface area contributed by atoms with Crippen LogP contribution in [0.25, 0.3) is 0 Å². The number of fused-ring (bicyclic) bond motifs is 1. The average Bonchev–Trinajstić information content (AvgIpc) is 3.26. The maximum atomic E-state index is 12.3. The number of nitrogens with one attached hydrogen (secondary N) is 3. The Hall–Kier alpha value is -3.70. The lowest BCUT2D eigenvalue weighted by molar-refractivity contribution is -0.161. The summed E-state index contributed by atoms with van der Waals surface area (Å²) in [5, 5.41) is 18.5. The minimum atomic E-state index is -1.03. The molecule has 6 N–H and O–H groups in total. The van der Waals surface area contributed by atoms with E-state index in [9.17, 15) is 19.5 Å². The second kappa shape index (κ2) is 14.5. The molecule has 2 fully saturated rings. The predicted octanol–water partition coefficient (Wildman–Crippen LogP) is 2.88. The molecule has 9 nitrogen and oxygen atoms in total. The largest absolute Gasteiger partial charge is 0.480 e. The summed E-state index contributed by atoms with van der Waals surface area (Å²) in [7, 11) is 0. The number of benzene rings is 3. The van der Waals surface area contributed by atoms with Gasteiger partial charge in [-0.3, -0.25) is 9.59 Å². The van der Waals surface area contributed by atoms with Crippen LogP contribution in [0.4, 0.5) is 0 Å². The highest BCUT2D eigenvalue weighted by atomic mass is 32.2. The van der Waals surface area contributed by atoms with E-state index in [1.807, 2.05) is 18.2 Å². The van der Waals surface area contributed by atoms with Crippen LogP contribution in [0.15, 0.2) is 91.0 Å². The smallest absolute Gasteiger partial charge is 0.327 e. The van der Waals surface area contributed by atoms with Gasteiger partial charge in [-0.25, -0.2) is 4.79 Å². The van der Waals surface area contributed by atoms with E-state index in [1.165, 1.54) is 27.8 Å². The van der Waals surface area contributed by atoms with Gasteiger partial charge in [0.1, 0.15) is 23.5 Å². The zero-order valence-electron chi connectivity index (χ0n) is 23.9. The number of β-lactam (4-membered cyclic amide) rings is 1. The molecule has 0 aliphatic carbocycles. The zero-order valence-corrected chi connectivity index (χ0v) is 24.7. The van der Waals surface area contributed by atoms with Crippen LogP contribution in [0, 0.1) is 0 Å². The topological polar surface area (TPSA) is 137 Å². The highest BCUT2D eigenvalue weighted by Gasteiger charge is 2.64. The Morgan fingerprint density at radius 2 is 1.36 bits per heavy atom. The van der Waals surface area contributed by atoms with E-state index in [-0.39, 0.29) is 11.3 Å². The average molecular weight is 590 g/mol. The van der Waals surface area contributed by atoms with Crippen molar-refractivity contribution in [2.24, 2.45) is 5.73 Å². The zero-order chi connectivity index (χ0) is 30.1. The van der Waals surface area contributed by atoms with E-state index in [4.69, 9.17) is 5.73 Å². The number of carbonyl (C=O) groups excluding carboxylic acids is 2. The van der Waals surface area contributed by atoms with Gasteiger partial charge in [-0.1, -0.05) is 91.0 Å². The van der Waals surface area contributed by atoms with Crippen molar-refractivity contribution in [2.75, 3.05) is 13.1 Å². The second-order valence-corrected chi connectivity index (χ2v) is 12.6. The molecule has 0 aromatic heterocycles. The number of carboxylic acid groups (broad SMARTS) is 1. The lowest BCUT2D eigenvalue weighted by atomic mass is 9.95. The van der Waals surface area contributed by atoms with Gasteiger partial charge in [0, 0.05) is 30.9 Å². The van der Waals surface area contributed by atoms with Crippen molar-refractivity contribution in [3.8, 4) is 0 Å². The fourth-order valence-electron chi connectivity index (χ4n) is 5.03. The molecule has 3 aromatic rings. The van der Waals surface area contributed by atoms with Gasteiger partial charge in [0.25, 0.3) is 0 Å². The molecule has 2 saturated heterocycles. The quantitative estimate of drug-likeness (QED) is 0.170. The first-order valence-electron chi connectivity index (χ1n) is 14.0. The molecule has 42 heavy (non-hydrogen) atoms. The summed E-state index contributed by atoms with van der Waals surface area (Å²) in [6.45, 7) is 7.43. The predicted molar refractivity (Wildman–Crippen MR) is 165 cm³/mol. The van der Waals surface area contributed by atoms with Gasteiger partial charge in [-0.2, -0.15) is 0 Å². The van der Waals surface area contributed by atoms with Gasteiger partial charge in [0.05, 0.1) is 0 Å². The molecule has 3 aromatic carbocycles. The Balaban J connectivity index is 0.000000201. The van der Waals surface area contributed by atoms with Gasteiger partial charge in [0.2, 0.25) is 11.8 Å². The maximum absolute atomic E-state index is 12.3. The molecule has 0 saturated carbocycles. The Kier molecular flexibility index (Phi) is 10.8. The summed E-state index contributed by atoms with van der Waals surface area (Å²) in [4.78, 5) is 37.5. The Labute approximate surface area is 251 Å². The molecular formula is C32H39N5O4S. The first-order valence-corrected chi connectivity index (χ1v) is 14.9. The minimum Gasteiger partial charge on any atom is -0.480 e. The van der Waals surface area contributed by atoms with Crippen LogP contribution < -0.4 is 21.7 Å². The molecule has 0 bridgehead atoms. The summed E-state index contributed by atoms with van der Waals surface area (Å²) in [5.41, 5.74) is 9.26. The molecule has 2 aliphatic heterocycles. The molecule has 0 spiro atoms. The van der Waals surface area contributed by atoms with Crippen molar-refractivity contribution >= 4 is 29.5 Å². The van der Waals surface area contributed by atoms with Gasteiger partial charge in [0.15, 0.2) is 0 Å². The number of nitrogens with zero attached hydrogens (tertiary/aromatic N) is 1. The standard InChI is InChI=1S/C16H19N3O4S.C16H20N2/c1-16(2)11(15(22)23)19-13(21)10(14(19)24-16)18-12(20)9(17)8-6-4-3-5-7-8;1-3-7-15(8-4-1)13-17-11-12-18-14-16-9-5-2-6-10-16/h3-7,9-11,14H,17H2,1-2H3,(H,18,20)(H,22,23);1-10,17-18H,11-14H2/t9-,10-,11+,14-;/m1./s1. The minimum absolute atomic E-state index is 0.375. The van der Waals surface area contributed by atoms with Crippen LogP contribution in [0.2, 0.25) is 0 Å². The van der Waals surface area contributed by atoms with E-state index in [0.29, 0.717) is 5.56 Å². The van der Waals surface area contributed by atoms with Crippen LogP contribution in [-0.2, 0) is 27.5 Å². The molecule has 0 unspecified atom stereocenters. The van der Waals surface area contributed by atoms with Crippen molar-refractivity contribution in [2.45, 2.75) is 55.2 Å². The van der Waals surface area contributed by atoms with Crippen molar-refractivity contribution in [1.29, 1.82) is 0 Å². The maximum Gasteiger partial charge on any atom is 0.327 e. The van der Waals surface area contributed by atoms with Gasteiger partial charge < -0.3 is 31.7 Å². The first-order chi connectivity index (χ1) is 20.2. The fourth-order valence-corrected chi connectivity index (χ4v) is 6.66. The number of amides is 2. The SMILES string of the molecule is CC1(C)S[C@@H]2[C@H](NC(=O)[C@H](N)c3ccccc3)C(=O)N2[C@H]1C(=O)O.c1ccc(CNCCNCc2ccccc2)cc1. The Morgan fingerprint density at radius 3 is 1.83 bits per heavy atom. The monoisotopic (exact) mass is 589 g/mol. The number of hydrogen-bond donors (Lipinski definition) is 5. The van der Waals surface area contributed by atoms with E-state index in [2.05, 4.69) is 64.5 Å². The number of thioether (sulfide) groups is 1. The number of carbonyl (C=O) groups is 3. The second-order valence-electron chi connectivity index (χ2n) is 10.8. The molecule has 2 aliphatic rings. The number of nitrogens with two attached hydrogens (primary N) is 1. The molecule has 10 heteroatoms. The van der Waals surface area contributed by atoms with E-state index < -0.39 is 34.7 Å². The molecule has 2 heterocycles. The molecule has 2 amide bonds. The molecular weight excluding hydrogens is 550 g/mol.